The maximum absolute atomic E-state index is 11.4. The minimum absolute atomic E-state index is 0.251. The second kappa shape index (κ2) is 5.23. The number of hydrogen-bond acceptors (Lipinski definition) is 3. The standard InChI is InChI=1S/C13H13NO3S/c1-2-5-10(15)14-12-11(13(16)17)8-6-3-4-7-9(8)18-12/h3-4,6-7H2,1H3,(H,14,15)(H,16,17). The summed E-state index contributed by atoms with van der Waals surface area (Å²) >= 11 is 1.36. The van der Waals surface area contributed by atoms with E-state index in [1.807, 2.05) is 0 Å². The van der Waals surface area contributed by atoms with Gasteiger partial charge in [-0.2, -0.15) is 0 Å². The van der Waals surface area contributed by atoms with Gasteiger partial charge in [0.1, 0.15) is 5.00 Å². The number of aryl methyl sites for hydroxylation is 1. The van der Waals surface area contributed by atoms with Crippen molar-refractivity contribution >= 4 is 28.2 Å². The molecule has 2 N–H and O–H groups in total. The molecule has 1 aromatic rings. The number of carboxylic acids is 1. The lowest BCUT2D eigenvalue weighted by atomic mass is 9.95. The van der Waals surface area contributed by atoms with Crippen molar-refractivity contribution in [3.05, 3.63) is 16.0 Å². The average Bonchev–Trinajstić information content (AvgIpc) is 2.66. The van der Waals surface area contributed by atoms with Crippen molar-refractivity contribution in [1.82, 2.24) is 0 Å². The Morgan fingerprint density at radius 2 is 2.06 bits per heavy atom. The van der Waals surface area contributed by atoms with Crippen molar-refractivity contribution in [3.63, 3.8) is 0 Å². The third-order valence-electron chi connectivity index (χ3n) is 2.85. The van der Waals surface area contributed by atoms with Gasteiger partial charge in [0, 0.05) is 4.88 Å². The first-order valence-electron chi connectivity index (χ1n) is 5.75. The fraction of sp³-hybridized carbons (Fsp3) is 0.385. The van der Waals surface area contributed by atoms with Crippen LogP contribution in [0.1, 0.15) is 40.6 Å². The van der Waals surface area contributed by atoms with Gasteiger partial charge in [-0.15, -0.1) is 11.3 Å². The average molecular weight is 263 g/mol. The number of carboxylic acid groups (broad SMARTS) is 1. The van der Waals surface area contributed by atoms with Gasteiger partial charge < -0.3 is 10.4 Å². The summed E-state index contributed by atoms with van der Waals surface area (Å²) < 4.78 is 0. The Balaban J connectivity index is 2.39. The Bertz CT molecular complexity index is 563. The van der Waals surface area contributed by atoms with E-state index >= 15 is 0 Å². The van der Waals surface area contributed by atoms with Crippen molar-refractivity contribution < 1.29 is 14.7 Å². The molecule has 1 heterocycles. The summed E-state index contributed by atoms with van der Waals surface area (Å²) in [6.45, 7) is 1.57. The number of amides is 1. The van der Waals surface area contributed by atoms with Crippen molar-refractivity contribution in [1.29, 1.82) is 0 Å². The molecule has 0 saturated carbocycles. The maximum atomic E-state index is 11.4. The minimum atomic E-state index is -0.978. The van der Waals surface area contributed by atoms with E-state index in [4.69, 9.17) is 0 Å². The van der Waals surface area contributed by atoms with Gasteiger partial charge in [-0.05, 0) is 44.1 Å². The summed E-state index contributed by atoms with van der Waals surface area (Å²) in [5.74, 6) is 3.41. The van der Waals surface area contributed by atoms with E-state index in [0.29, 0.717) is 5.00 Å². The maximum Gasteiger partial charge on any atom is 0.339 e. The first-order valence-corrected chi connectivity index (χ1v) is 6.56. The number of hydrogen-bond donors (Lipinski definition) is 2. The van der Waals surface area contributed by atoms with Crippen LogP contribution in [0.15, 0.2) is 0 Å². The highest BCUT2D eigenvalue weighted by molar-refractivity contribution is 7.17. The molecule has 0 atom stereocenters. The van der Waals surface area contributed by atoms with Gasteiger partial charge in [-0.1, -0.05) is 5.92 Å². The molecule has 0 fully saturated rings. The minimum Gasteiger partial charge on any atom is -0.478 e. The first kappa shape index (κ1) is 12.7. The fourth-order valence-electron chi connectivity index (χ4n) is 2.13. The van der Waals surface area contributed by atoms with Crippen molar-refractivity contribution in [2.24, 2.45) is 0 Å². The topological polar surface area (TPSA) is 66.4 Å². The molecule has 0 aromatic carbocycles. The van der Waals surface area contributed by atoms with Gasteiger partial charge >= 0.3 is 11.9 Å². The highest BCUT2D eigenvalue weighted by Gasteiger charge is 2.25. The smallest absolute Gasteiger partial charge is 0.339 e. The van der Waals surface area contributed by atoms with E-state index in [1.165, 1.54) is 11.3 Å². The van der Waals surface area contributed by atoms with E-state index in [-0.39, 0.29) is 5.56 Å². The molecule has 5 heteroatoms. The zero-order chi connectivity index (χ0) is 13.1. The molecule has 0 saturated heterocycles. The van der Waals surface area contributed by atoms with Crippen LogP contribution in [0.5, 0.6) is 0 Å². The summed E-state index contributed by atoms with van der Waals surface area (Å²) in [5.41, 5.74) is 1.14. The van der Waals surface area contributed by atoms with Crippen molar-refractivity contribution in [3.8, 4) is 11.8 Å². The Morgan fingerprint density at radius 3 is 2.72 bits per heavy atom. The van der Waals surface area contributed by atoms with Crippen LogP contribution in [-0.2, 0) is 17.6 Å². The molecule has 0 unspecified atom stereocenters. The van der Waals surface area contributed by atoms with Crippen molar-refractivity contribution in [2.75, 3.05) is 5.32 Å². The van der Waals surface area contributed by atoms with Gasteiger partial charge in [-0.3, -0.25) is 4.79 Å². The third kappa shape index (κ3) is 2.39. The number of carbonyl (C=O) groups is 2. The molecular formula is C13H13NO3S. The second-order valence-corrected chi connectivity index (χ2v) is 5.15. The zero-order valence-electron chi connectivity index (χ0n) is 10.0. The number of thiophene rings is 1. The van der Waals surface area contributed by atoms with Crippen LogP contribution < -0.4 is 5.32 Å². The monoisotopic (exact) mass is 263 g/mol. The van der Waals surface area contributed by atoms with Crippen LogP contribution in [0.4, 0.5) is 5.00 Å². The Kier molecular flexibility index (Phi) is 3.68. The van der Waals surface area contributed by atoms with Gasteiger partial charge in [-0.25, -0.2) is 4.79 Å². The lowest BCUT2D eigenvalue weighted by Crippen LogP contribution is -2.12. The van der Waals surface area contributed by atoms with E-state index in [2.05, 4.69) is 17.2 Å². The van der Waals surface area contributed by atoms with E-state index in [9.17, 15) is 14.7 Å². The Morgan fingerprint density at radius 1 is 1.33 bits per heavy atom. The number of fused-ring (bicyclic) bond motifs is 1. The van der Waals surface area contributed by atoms with Crippen LogP contribution in [-0.4, -0.2) is 17.0 Å². The van der Waals surface area contributed by atoms with E-state index < -0.39 is 11.9 Å². The van der Waals surface area contributed by atoms with Crippen LogP contribution in [0.2, 0.25) is 0 Å². The molecule has 1 aliphatic carbocycles. The van der Waals surface area contributed by atoms with Gasteiger partial charge in [0.25, 0.3) is 0 Å². The highest BCUT2D eigenvalue weighted by atomic mass is 32.1. The van der Waals surface area contributed by atoms with Gasteiger partial charge in [0.05, 0.1) is 5.56 Å². The third-order valence-corrected chi connectivity index (χ3v) is 4.06. The van der Waals surface area contributed by atoms with Gasteiger partial charge in [0.2, 0.25) is 0 Å². The number of anilines is 1. The number of aromatic carboxylic acids is 1. The summed E-state index contributed by atoms with van der Waals surface area (Å²) in [6.07, 6.45) is 3.76. The summed E-state index contributed by atoms with van der Waals surface area (Å²) in [6, 6.07) is 0. The van der Waals surface area contributed by atoms with Crippen LogP contribution in [0.3, 0.4) is 0 Å². The van der Waals surface area contributed by atoms with Crippen LogP contribution in [0.25, 0.3) is 0 Å². The van der Waals surface area contributed by atoms with E-state index in [1.54, 1.807) is 6.92 Å². The predicted octanol–water partition coefficient (Wildman–Crippen LogP) is 2.29. The molecular weight excluding hydrogens is 250 g/mol. The molecule has 2 rings (SSSR count). The summed E-state index contributed by atoms with van der Waals surface area (Å²) in [5, 5.41) is 12.3. The van der Waals surface area contributed by atoms with Gasteiger partial charge in [0.15, 0.2) is 0 Å². The number of nitrogens with one attached hydrogen (secondary N) is 1. The first-order chi connectivity index (χ1) is 8.63. The largest absolute Gasteiger partial charge is 0.478 e. The fourth-order valence-corrected chi connectivity index (χ4v) is 3.40. The zero-order valence-corrected chi connectivity index (χ0v) is 10.8. The number of rotatable bonds is 2. The predicted molar refractivity (Wildman–Crippen MR) is 70.0 cm³/mol. The SMILES string of the molecule is CC#CC(=O)Nc1sc2c(c1C(=O)O)CCCC2. The molecule has 0 aliphatic heterocycles. The van der Waals surface area contributed by atoms with Crippen LogP contribution in [0, 0.1) is 11.8 Å². The molecule has 1 aliphatic rings. The normalized spacial score (nSPS) is 13.2. The molecule has 18 heavy (non-hydrogen) atoms. The lowest BCUT2D eigenvalue weighted by Gasteiger charge is -2.10. The molecule has 1 amide bonds. The molecule has 94 valence electrons. The summed E-state index contributed by atoms with van der Waals surface area (Å²) in [4.78, 5) is 23.8. The van der Waals surface area contributed by atoms with Crippen molar-refractivity contribution in [2.45, 2.75) is 32.6 Å². The second-order valence-electron chi connectivity index (χ2n) is 4.05. The Hall–Kier alpha value is -1.80. The lowest BCUT2D eigenvalue weighted by molar-refractivity contribution is -0.111. The molecule has 4 nitrogen and oxygen atoms in total. The van der Waals surface area contributed by atoms with Crippen LogP contribution >= 0.6 is 11.3 Å². The molecule has 1 aromatic heterocycles. The summed E-state index contributed by atoms with van der Waals surface area (Å²) in [7, 11) is 0. The molecule has 0 bridgehead atoms. The number of carbonyl (C=O) groups excluding carboxylic acids is 1. The quantitative estimate of drug-likeness (QED) is 0.804. The highest BCUT2D eigenvalue weighted by Crippen LogP contribution is 2.37. The van der Waals surface area contributed by atoms with E-state index in [0.717, 1.165) is 36.1 Å². The molecule has 0 radical (unpaired) electrons. The molecule has 0 spiro atoms. The Labute approximate surface area is 109 Å².